The molecule has 10 nitrogen and oxygen atoms in total. The van der Waals surface area contributed by atoms with Crippen molar-refractivity contribution in [1.82, 2.24) is 9.66 Å². The number of fused-ring (bicyclic) bond motifs is 2. The van der Waals surface area contributed by atoms with Crippen LogP contribution in [0.1, 0.15) is 17.5 Å². The largest absolute Gasteiger partial charge is 0.494 e. The van der Waals surface area contributed by atoms with Crippen molar-refractivity contribution in [3.05, 3.63) is 119 Å². The molecule has 1 aliphatic heterocycles. The van der Waals surface area contributed by atoms with Gasteiger partial charge in [-0.2, -0.15) is 10.2 Å². The van der Waals surface area contributed by atoms with E-state index in [1.165, 1.54) is 4.68 Å². The number of azo groups is 1. The molecule has 1 aliphatic rings. The maximum absolute atomic E-state index is 13.7. The number of aromatic nitrogens is 2. The van der Waals surface area contributed by atoms with E-state index in [1.807, 2.05) is 110 Å². The molecule has 2 unspecified atom stereocenters. The minimum Gasteiger partial charge on any atom is -0.494 e. The van der Waals surface area contributed by atoms with Crippen molar-refractivity contribution in [2.75, 3.05) is 31.5 Å². The number of ether oxygens (including phenoxy) is 2. The van der Waals surface area contributed by atoms with E-state index < -0.39 is 12.1 Å². The summed E-state index contributed by atoms with van der Waals surface area (Å²) >= 11 is 0. The predicted octanol–water partition coefficient (Wildman–Crippen LogP) is 6.34. The smallest absolute Gasteiger partial charge is 0.280 e. The zero-order chi connectivity index (χ0) is 29.9. The van der Waals surface area contributed by atoms with E-state index in [0.717, 1.165) is 11.3 Å². The van der Waals surface area contributed by atoms with Gasteiger partial charge in [0.1, 0.15) is 28.7 Å². The Bertz CT molecular complexity index is 1900. The maximum Gasteiger partial charge on any atom is 0.280 e. The van der Waals surface area contributed by atoms with Crippen molar-refractivity contribution < 1.29 is 9.47 Å². The van der Waals surface area contributed by atoms with Crippen LogP contribution in [0.3, 0.4) is 0 Å². The summed E-state index contributed by atoms with van der Waals surface area (Å²) in [5.41, 5.74) is 6.66. The van der Waals surface area contributed by atoms with Crippen LogP contribution in [0.5, 0.6) is 11.5 Å². The van der Waals surface area contributed by atoms with Gasteiger partial charge in [-0.15, -0.1) is 0 Å². The molecule has 0 fully saturated rings. The number of rotatable bonds is 6. The van der Waals surface area contributed by atoms with Crippen LogP contribution in [0.25, 0.3) is 10.9 Å². The first-order valence-corrected chi connectivity index (χ1v) is 13.8. The van der Waals surface area contributed by atoms with Crippen molar-refractivity contribution in [1.29, 1.82) is 0 Å². The lowest BCUT2D eigenvalue weighted by Crippen LogP contribution is -2.42. The standard InChI is InChI=1S/C33H31N7O3/c1-21-34-25-12-6-5-11-24(25)33(41)40(21)38-32-30(37-36-27-14-8-9-15-28(27)42-4)31(22-17-19-23(20-18-22)39(2)3)43-29-16-10-7-13-26(29)35-32/h5-20,30-31H,1-4H3,(H,35,38). The Morgan fingerprint density at radius 2 is 1.65 bits per heavy atom. The molecule has 4 aromatic carbocycles. The molecule has 0 aliphatic carbocycles. The Kier molecular flexibility index (Phi) is 7.57. The van der Waals surface area contributed by atoms with Crippen molar-refractivity contribution >= 4 is 33.8 Å². The Morgan fingerprint density at radius 1 is 0.930 bits per heavy atom. The average molecular weight is 574 g/mol. The van der Waals surface area contributed by atoms with E-state index in [9.17, 15) is 4.79 Å². The number of para-hydroxylation sites is 4. The highest BCUT2D eigenvalue weighted by molar-refractivity contribution is 5.98. The number of amidine groups is 1. The summed E-state index contributed by atoms with van der Waals surface area (Å²) in [5, 5.41) is 9.88. The number of nitrogens with one attached hydrogen (secondary N) is 1. The fourth-order valence-electron chi connectivity index (χ4n) is 4.94. The van der Waals surface area contributed by atoms with Crippen molar-refractivity contribution in [3.8, 4) is 11.5 Å². The number of aryl methyl sites for hydroxylation is 1. The first kappa shape index (κ1) is 27.6. The van der Waals surface area contributed by atoms with Gasteiger partial charge in [0.15, 0.2) is 18.0 Å². The second-order valence-electron chi connectivity index (χ2n) is 10.2. The molecule has 6 rings (SSSR count). The summed E-state index contributed by atoms with van der Waals surface area (Å²) < 4.78 is 13.6. The lowest BCUT2D eigenvalue weighted by Gasteiger charge is -2.25. The minimum atomic E-state index is -0.791. The van der Waals surface area contributed by atoms with Crippen LogP contribution in [0.2, 0.25) is 0 Å². The Morgan fingerprint density at radius 3 is 2.44 bits per heavy atom. The van der Waals surface area contributed by atoms with Gasteiger partial charge in [-0.1, -0.05) is 48.5 Å². The highest BCUT2D eigenvalue weighted by Gasteiger charge is 2.34. The quantitative estimate of drug-likeness (QED) is 0.238. The molecule has 0 bridgehead atoms. The molecule has 0 spiro atoms. The van der Waals surface area contributed by atoms with Crippen LogP contribution < -0.4 is 25.4 Å². The number of aliphatic imine (C=N–C) groups is 1. The lowest BCUT2D eigenvalue weighted by molar-refractivity contribution is 0.198. The van der Waals surface area contributed by atoms with Gasteiger partial charge in [0.05, 0.1) is 18.0 Å². The Hall–Kier alpha value is -5.51. The second-order valence-corrected chi connectivity index (χ2v) is 10.2. The molecular weight excluding hydrogens is 542 g/mol. The molecule has 216 valence electrons. The number of hydrogen-bond donors (Lipinski definition) is 1. The number of anilines is 1. The van der Waals surface area contributed by atoms with Gasteiger partial charge in [0.25, 0.3) is 5.56 Å². The summed E-state index contributed by atoms with van der Waals surface area (Å²) in [6.07, 6.45) is -0.644. The van der Waals surface area contributed by atoms with E-state index in [2.05, 4.69) is 15.5 Å². The SMILES string of the molecule is COc1ccccc1N=NC1C(Nn2c(C)nc3ccccc3c2=O)=Nc2ccccc2OC1c1ccc(N(C)C)cc1. The molecule has 0 amide bonds. The summed E-state index contributed by atoms with van der Waals surface area (Å²) in [7, 11) is 5.57. The van der Waals surface area contributed by atoms with E-state index in [4.69, 9.17) is 19.6 Å². The van der Waals surface area contributed by atoms with Crippen molar-refractivity contribution in [2.24, 2.45) is 15.2 Å². The number of benzene rings is 4. The molecule has 1 N–H and O–H groups in total. The van der Waals surface area contributed by atoms with E-state index in [-0.39, 0.29) is 5.56 Å². The van der Waals surface area contributed by atoms with Crippen molar-refractivity contribution in [3.63, 3.8) is 0 Å². The fourth-order valence-corrected chi connectivity index (χ4v) is 4.94. The molecule has 0 saturated carbocycles. The summed E-state index contributed by atoms with van der Waals surface area (Å²) in [6.45, 7) is 1.77. The fraction of sp³-hybridized carbons (Fsp3) is 0.182. The number of nitrogens with zero attached hydrogens (tertiary/aromatic N) is 6. The lowest BCUT2D eigenvalue weighted by atomic mass is 10.0. The summed E-state index contributed by atoms with van der Waals surface area (Å²) in [4.78, 5) is 25.3. The Balaban J connectivity index is 1.53. The third kappa shape index (κ3) is 5.54. The number of methoxy groups -OCH3 is 1. The first-order chi connectivity index (χ1) is 20.9. The maximum atomic E-state index is 13.7. The van der Waals surface area contributed by atoms with Crippen LogP contribution in [-0.4, -0.2) is 42.7 Å². The van der Waals surface area contributed by atoms with Gasteiger partial charge in [-0.05, 0) is 61.0 Å². The molecule has 43 heavy (non-hydrogen) atoms. The van der Waals surface area contributed by atoms with Crippen LogP contribution >= 0.6 is 0 Å². The highest BCUT2D eigenvalue weighted by Crippen LogP contribution is 2.38. The molecule has 5 aromatic rings. The highest BCUT2D eigenvalue weighted by atomic mass is 16.5. The molecule has 1 aromatic heterocycles. The average Bonchev–Trinajstić information content (AvgIpc) is 3.18. The van der Waals surface area contributed by atoms with Gasteiger partial charge < -0.3 is 14.4 Å². The summed E-state index contributed by atoms with van der Waals surface area (Å²) in [6, 6.07) is 29.4. The molecular formula is C33H31N7O3. The van der Waals surface area contributed by atoms with Crippen LogP contribution in [0.15, 0.2) is 117 Å². The molecule has 2 heterocycles. The number of hydrogen-bond acceptors (Lipinski definition) is 9. The first-order valence-electron chi connectivity index (χ1n) is 13.8. The minimum absolute atomic E-state index is 0.253. The topological polar surface area (TPSA) is 106 Å². The Labute approximate surface area is 248 Å². The zero-order valence-corrected chi connectivity index (χ0v) is 24.3. The van der Waals surface area contributed by atoms with E-state index in [1.54, 1.807) is 20.1 Å². The third-order valence-corrected chi connectivity index (χ3v) is 7.21. The van der Waals surface area contributed by atoms with Gasteiger partial charge in [0.2, 0.25) is 0 Å². The molecule has 10 heteroatoms. The molecule has 0 saturated heterocycles. The van der Waals surface area contributed by atoms with Gasteiger partial charge in [-0.25, -0.2) is 14.7 Å². The van der Waals surface area contributed by atoms with Crippen molar-refractivity contribution in [2.45, 2.75) is 19.1 Å². The monoisotopic (exact) mass is 573 g/mol. The summed E-state index contributed by atoms with van der Waals surface area (Å²) in [5.74, 6) is 2.00. The predicted molar refractivity (Wildman–Crippen MR) is 169 cm³/mol. The van der Waals surface area contributed by atoms with Crippen LogP contribution in [0.4, 0.5) is 17.1 Å². The van der Waals surface area contributed by atoms with Gasteiger partial charge in [0, 0.05) is 19.8 Å². The van der Waals surface area contributed by atoms with Crippen LogP contribution in [-0.2, 0) is 0 Å². The normalized spacial score (nSPS) is 16.2. The van der Waals surface area contributed by atoms with E-state index >= 15 is 0 Å². The molecule has 0 radical (unpaired) electrons. The van der Waals surface area contributed by atoms with Gasteiger partial charge >= 0.3 is 0 Å². The van der Waals surface area contributed by atoms with E-state index in [0.29, 0.717) is 45.4 Å². The zero-order valence-electron chi connectivity index (χ0n) is 24.3. The van der Waals surface area contributed by atoms with Crippen LogP contribution in [0, 0.1) is 6.92 Å². The molecule has 2 atom stereocenters. The second kappa shape index (κ2) is 11.8. The third-order valence-electron chi connectivity index (χ3n) is 7.21. The van der Waals surface area contributed by atoms with Gasteiger partial charge in [-0.3, -0.25) is 10.2 Å².